The quantitative estimate of drug-likeness (QED) is 0.640. The number of carbonyl (C=O) groups excluding carboxylic acids is 1. The SMILES string of the molecule is O=C(Nc1cccc([N+](=O)[O-])c1)N1CCC[C@H]1CO. The van der Waals surface area contributed by atoms with Crippen LogP contribution in [0.2, 0.25) is 0 Å². The third kappa shape index (κ3) is 3.00. The Morgan fingerprint density at radius 2 is 2.37 bits per heavy atom. The van der Waals surface area contributed by atoms with Crippen molar-refractivity contribution in [2.75, 3.05) is 18.5 Å². The summed E-state index contributed by atoms with van der Waals surface area (Å²) in [6.07, 6.45) is 1.63. The molecule has 0 aliphatic carbocycles. The molecule has 1 saturated heterocycles. The van der Waals surface area contributed by atoms with Crippen molar-refractivity contribution in [1.82, 2.24) is 4.90 Å². The molecule has 7 nitrogen and oxygen atoms in total. The number of rotatable bonds is 3. The second-order valence-electron chi connectivity index (χ2n) is 4.41. The number of anilines is 1. The molecule has 2 amide bonds. The number of amides is 2. The Hall–Kier alpha value is -2.15. The van der Waals surface area contributed by atoms with Crippen molar-refractivity contribution in [3.63, 3.8) is 0 Å². The molecule has 19 heavy (non-hydrogen) atoms. The van der Waals surface area contributed by atoms with Gasteiger partial charge in [-0.2, -0.15) is 0 Å². The number of carbonyl (C=O) groups is 1. The van der Waals surface area contributed by atoms with Gasteiger partial charge < -0.3 is 15.3 Å². The maximum absolute atomic E-state index is 12.0. The molecule has 0 aromatic heterocycles. The van der Waals surface area contributed by atoms with Crippen LogP contribution in [0.15, 0.2) is 24.3 Å². The molecule has 1 aliphatic rings. The van der Waals surface area contributed by atoms with E-state index in [2.05, 4.69) is 5.32 Å². The standard InChI is InChI=1S/C12H15N3O4/c16-8-11-5-2-6-14(11)12(17)13-9-3-1-4-10(7-9)15(18)19/h1,3-4,7,11,16H,2,5-6,8H2,(H,13,17)/t11-/m0/s1. The lowest BCUT2D eigenvalue weighted by Crippen LogP contribution is -2.40. The number of non-ortho nitro benzene ring substituents is 1. The molecular formula is C12H15N3O4. The second-order valence-corrected chi connectivity index (χ2v) is 4.41. The number of urea groups is 1. The Bertz CT molecular complexity index is 492. The summed E-state index contributed by atoms with van der Waals surface area (Å²) >= 11 is 0. The van der Waals surface area contributed by atoms with Crippen LogP contribution in [-0.2, 0) is 0 Å². The van der Waals surface area contributed by atoms with E-state index in [0.29, 0.717) is 12.2 Å². The van der Waals surface area contributed by atoms with Crippen LogP contribution >= 0.6 is 0 Å². The predicted molar refractivity (Wildman–Crippen MR) is 68.9 cm³/mol. The number of aliphatic hydroxyl groups is 1. The normalized spacial score (nSPS) is 18.4. The van der Waals surface area contributed by atoms with Crippen LogP contribution < -0.4 is 5.32 Å². The Balaban J connectivity index is 2.06. The molecule has 1 heterocycles. The van der Waals surface area contributed by atoms with Crippen LogP contribution in [0.3, 0.4) is 0 Å². The van der Waals surface area contributed by atoms with E-state index >= 15 is 0 Å². The lowest BCUT2D eigenvalue weighted by Gasteiger charge is -2.23. The Labute approximate surface area is 110 Å². The van der Waals surface area contributed by atoms with E-state index in [4.69, 9.17) is 5.11 Å². The average Bonchev–Trinajstić information content (AvgIpc) is 2.87. The van der Waals surface area contributed by atoms with Gasteiger partial charge in [0.2, 0.25) is 0 Å². The van der Waals surface area contributed by atoms with Gasteiger partial charge in [-0.1, -0.05) is 6.07 Å². The van der Waals surface area contributed by atoms with Crippen molar-refractivity contribution in [3.05, 3.63) is 34.4 Å². The zero-order valence-corrected chi connectivity index (χ0v) is 10.3. The maximum atomic E-state index is 12.0. The lowest BCUT2D eigenvalue weighted by molar-refractivity contribution is -0.384. The highest BCUT2D eigenvalue weighted by molar-refractivity contribution is 5.90. The van der Waals surface area contributed by atoms with Gasteiger partial charge >= 0.3 is 6.03 Å². The number of aliphatic hydroxyl groups excluding tert-OH is 1. The molecular weight excluding hydrogens is 250 g/mol. The van der Waals surface area contributed by atoms with E-state index in [1.54, 1.807) is 11.0 Å². The largest absolute Gasteiger partial charge is 0.394 e. The van der Waals surface area contributed by atoms with Crippen molar-refractivity contribution < 1.29 is 14.8 Å². The van der Waals surface area contributed by atoms with Crippen molar-refractivity contribution >= 4 is 17.4 Å². The van der Waals surface area contributed by atoms with Gasteiger partial charge in [-0.25, -0.2) is 4.79 Å². The van der Waals surface area contributed by atoms with Gasteiger partial charge in [-0.3, -0.25) is 10.1 Å². The molecule has 0 bridgehead atoms. The van der Waals surface area contributed by atoms with Gasteiger partial charge in [-0.15, -0.1) is 0 Å². The first-order valence-electron chi connectivity index (χ1n) is 6.05. The smallest absolute Gasteiger partial charge is 0.322 e. The number of hydrogen-bond donors (Lipinski definition) is 2. The van der Waals surface area contributed by atoms with Crippen LogP contribution in [-0.4, -0.2) is 40.2 Å². The highest BCUT2D eigenvalue weighted by Crippen LogP contribution is 2.20. The number of nitro groups is 1. The Morgan fingerprint density at radius 3 is 3.05 bits per heavy atom. The first kappa shape index (κ1) is 13.3. The number of benzene rings is 1. The fraction of sp³-hybridized carbons (Fsp3) is 0.417. The molecule has 0 unspecified atom stereocenters. The minimum Gasteiger partial charge on any atom is -0.394 e. The van der Waals surface area contributed by atoms with Crippen LogP contribution in [0.1, 0.15) is 12.8 Å². The van der Waals surface area contributed by atoms with Gasteiger partial charge in [0.05, 0.1) is 17.6 Å². The first-order valence-corrected chi connectivity index (χ1v) is 6.05. The fourth-order valence-electron chi connectivity index (χ4n) is 2.19. The number of hydrogen-bond acceptors (Lipinski definition) is 4. The number of likely N-dealkylation sites (tertiary alicyclic amines) is 1. The topological polar surface area (TPSA) is 95.7 Å². The molecule has 2 rings (SSSR count). The summed E-state index contributed by atoms with van der Waals surface area (Å²) in [4.78, 5) is 23.7. The third-order valence-corrected chi connectivity index (χ3v) is 3.16. The molecule has 1 aromatic carbocycles. The van der Waals surface area contributed by atoms with Gasteiger partial charge in [-0.05, 0) is 18.9 Å². The minimum atomic E-state index is -0.512. The summed E-state index contributed by atoms with van der Waals surface area (Å²) in [7, 11) is 0. The minimum absolute atomic E-state index is 0.0671. The van der Waals surface area contributed by atoms with E-state index in [1.165, 1.54) is 18.2 Å². The Morgan fingerprint density at radius 1 is 1.58 bits per heavy atom. The maximum Gasteiger partial charge on any atom is 0.322 e. The van der Waals surface area contributed by atoms with E-state index in [9.17, 15) is 14.9 Å². The number of nitro benzene ring substituents is 1. The van der Waals surface area contributed by atoms with E-state index in [1.807, 2.05) is 0 Å². The molecule has 0 spiro atoms. The molecule has 0 radical (unpaired) electrons. The average molecular weight is 265 g/mol. The fourth-order valence-corrected chi connectivity index (χ4v) is 2.19. The van der Waals surface area contributed by atoms with E-state index < -0.39 is 4.92 Å². The molecule has 0 saturated carbocycles. The summed E-state index contributed by atoms with van der Waals surface area (Å²) in [5.41, 5.74) is 0.306. The van der Waals surface area contributed by atoms with Crippen molar-refractivity contribution in [3.8, 4) is 0 Å². The summed E-state index contributed by atoms with van der Waals surface area (Å²) < 4.78 is 0. The van der Waals surface area contributed by atoms with Gasteiger partial charge in [0.1, 0.15) is 0 Å². The Kier molecular flexibility index (Phi) is 3.96. The molecule has 1 atom stereocenters. The molecule has 1 aliphatic heterocycles. The zero-order valence-electron chi connectivity index (χ0n) is 10.3. The number of nitrogens with zero attached hydrogens (tertiary/aromatic N) is 2. The van der Waals surface area contributed by atoms with Gasteiger partial charge in [0, 0.05) is 24.4 Å². The summed E-state index contributed by atoms with van der Waals surface area (Å²) in [5.74, 6) is 0. The van der Waals surface area contributed by atoms with Crippen molar-refractivity contribution in [2.45, 2.75) is 18.9 Å². The van der Waals surface area contributed by atoms with Gasteiger partial charge in [0.25, 0.3) is 5.69 Å². The molecule has 2 N–H and O–H groups in total. The molecule has 102 valence electrons. The number of nitrogens with one attached hydrogen (secondary N) is 1. The van der Waals surface area contributed by atoms with E-state index in [0.717, 1.165) is 12.8 Å². The summed E-state index contributed by atoms with van der Waals surface area (Å²) in [5, 5.41) is 22.4. The highest BCUT2D eigenvalue weighted by atomic mass is 16.6. The molecule has 1 aromatic rings. The lowest BCUT2D eigenvalue weighted by atomic mass is 10.2. The molecule has 7 heteroatoms. The summed E-state index contributed by atoms with van der Waals surface area (Å²) in [6.45, 7) is 0.522. The van der Waals surface area contributed by atoms with E-state index in [-0.39, 0.29) is 24.4 Å². The van der Waals surface area contributed by atoms with Crippen LogP contribution in [0.5, 0.6) is 0 Å². The molecule has 1 fully saturated rings. The third-order valence-electron chi connectivity index (χ3n) is 3.16. The van der Waals surface area contributed by atoms with Crippen molar-refractivity contribution in [2.24, 2.45) is 0 Å². The van der Waals surface area contributed by atoms with Crippen LogP contribution in [0, 0.1) is 10.1 Å². The second kappa shape index (κ2) is 5.66. The van der Waals surface area contributed by atoms with Crippen LogP contribution in [0.4, 0.5) is 16.2 Å². The monoisotopic (exact) mass is 265 g/mol. The summed E-state index contributed by atoms with van der Waals surface area (Å²) in [6, 6.07) is 5.27. The predicted octanol–water partition coefficient (Wildman–Crippen LogP) is 1.58. The first-order chi connectivity index (χ1) is 9.11. The highest BCUT2D eigenvalue weighted by Gasteiger charge is 2.28. The van der Waals surface area contributed by atoms with Crippen LogP contribution in [0.25, 0.3) is 0 Å². The van der Waals surface area contributed by atoms with Crippen molar-refractivity contribution in [1.29, 1.82) is 0 Å². The van der Waals surface area contributed by atoms with Gasteiger partial charge in [0.15, 0.2) is 0 Å². The zero-order chi connectivity index (χ0) is 13.8.